The number of carboxylic acids is 1. The summed E-state index contributed by atoms with van der Waals surface area (Å²) in [5.41, 5.74) is 0.291. The van der Waals surface area contributed by atoms with Crippen molar-refractivity contribution >= 4 is 13.7 Å². The first-order valence-electron chi connectivity index (χ1n) is 4.88. The van der Waals surface area contributed by atoms with Gasteiger partial charge in [-0.25, -0.2) is 4.39 Å². The molecule has 3 N–H and O–H groups in total. The standard InChI is InChI=1S/C10H11FO4.BH3O2/c1-14-6-15-9-3-2-8(11)4-7(9)5-10(12)13;2-1-3/h2-4H,5-6H2,1H3,(H,12,13);1-3H. The molecule has 0 aromatic heterocycles. The Kier molecular flexibility index (Phi) is 8.55. The first-order valence-corrected chi connectivity index (χ1v) is 4.88. The van der Waals surface area contributed by atoms with Crippen molar-refractivity contribution in [3.8, 4) is 5.75 Å². The second kappa shape index (κ2) is 9.40. The Morgan fingerprint density at radius 3 is 2.56 bits per heavy atom. The van der Waals surface area contributed by atoms with E-state index < -0.39 is 19.5 Å². The normalized spacial score (nSPS) is 9.11. The Hall–Kier alpha value is -1.64. The van der Waals surface area contributed by atoms with E-state index in [0.717, 1.165) is 6.07 Å². The van der Waals surface area contributed by atoms with Crippen LogP contribution in [0.5, 0.6) is 5.75 Å². The molecule has 0 radical (unpaired) electrons. The minimum Gasteiger partial charge on any atom is -0.481 e. The molecule has 8 heteroatoms. The molecule has 0 bridgehead atoms. The molecule has 1 aromatic rings. The van der Waals surface area contributed by atoms with Gasteiger partial charge in [0.15, 0.2) is 6.79 Å². The van der Waals surface area contributed by atoms with Gasteiger partial charge in [-0.1, -0.05) is 0 Å². The highest BCUT2D eigenvalue weighted by molar-refractivity contribution is 6.13. The highest BCUT2D eigenvalue weighted by atomic mass is 19.1. The number of benzene rings is 1. The predicted octanol–water partition coefficient (Wildman–Crippen LogP) is -0.327. The molecule has 0 saturated heterocycles. The Labute approximate surface area is 104 Å². The number of ether oxygens (including phenoxy) is 2. The van der Waals surface area contributed by atoms with Gasteiger partial charge in [-0.3, -0.25) is 4.79 Å². The minimum atomic E-state index is -1.04. The predicted molar refractivity (Wildman–Crippen MR) is 61.8 cm³/mol. The van der Waals surface area contributed by atoms with E-state index in [2.05, 4.69) is 4.74 Å². The summed E-state index contributed by atoms with van der Waals surface area (Å²) in [4.78, 5) is 10.5. The number of methoxy groups -OCH3 is 1. The van der Waals surface area contributed by atoms with Crippen molar-refractivity contribution in [2.75, 3.05) is 13.9 Å². The summed E-state index contributed by atoms with van der Waals surface area (Å²) >= 11 is 0. The van der Waals surface area contributed by atoms with Gasteiger partial charge in [-0.2, -0.15) is 0 Å². The third-order valence-corrected chi connectivity index (χ3v) is 1.70. The molecule has 100 valence electrons. The fraction of sp³-hybridized carbons (Fsp3) is 0.300. The van der Waals surface area contributed by atoms with Crippen LogP contribution in [0.2, 0.25) is 0 Å². The topological polar surface area (TPSA) is 96.2 Å². The molecule has 0 atom stereocenters. The number of halogens is 1. The quantitative estimate of drug-likeness (QED) is 0.495. The van der Waals surface area contributed by atoms with Gasteiger partial charge in [0.1, 0.15) is 11.6 Å². The maximum Gasteiger partial charge on any atom is 0.432 e. The van der Waals surface area contributed by atoms with Crippen molar-refractivity contribution in [2.45, 2.75) is 6.42 Å². The second-order valence-corrected chi connectivity index (χ2v) is 3.01. The molecule has 0 unspecified atom stereocenters. The van der Waals surface area contributed by atoms with Gasteiger partial charge in [0, 0.05) is 12.7 Å². The van der Waals surface area contributed by atoms with Crippen molar-refractivity contribution in [3.05, 3.63) is 29.6 Å². The molecule has 0 amide bonds. The van der Waals surface area contributed by atoms with Crippen molar-refractivity contribution < 1.29 is 33.8 Å². The lowest BCUT2D eigenvalue weighted by Gasteiger charge is -2.09. The van der Waals surface area contributed by atoms with Crippen LogP contribution in [0.3, 0.4) is 0 Å². The fourth-order valence-corrected chi connectivity index (χ4v) is 1.11. The van der Waals surface area contributed by atoms with Gasteiger partial charge >= 0.3 is 13.7 Å². The Morgan fingerprint density at radius 2 is 2.06 bits per heavy atom. The van der Waals surface area contributed by atoms with E-state index in [-0.39, 0.29) is 13.2 Å². The molecule has 0 aliphatic rings. The highest BCUT2D eigenvalue weighted by Gasteiger charge is 2.09. The number of carboxylic acid groups (broad SMARTS) is 1. The summed E-state index contributed by atoms with van der Waals surface area (Å²) in [7, 11) is 0.695. The van der Waals surface area contributed by atoms with Gasteiger partial charge in [-0.15, -0.1) is 0 Å². The van der Waals surface area contributed by atoms with Crippen LogP contribution >= 0.6 is 0 Å². The zero-order chi connectivity index (χ0) is 14.0. The van der Waals surface area contributed by atoms with Crippen LogP contribution in [0.1, 0.15) is 5.56 Å². The molecule has 0 spiro atoms. The lowest BCUT2D eigenvalue weighted by atomic mass is 10.1. The van der Waals surface area contributed by atoms with Gasteiger partial charge < -0.3 is 24.6 Å². The van der Waals surface area contributed by atoms with E-state index in [1.54, 1.807) is 0 Å². The van der Waals surface area contributed by atoms with Crippen molar-refractivity contribution in [3.63, 3.8) is 0 Å². The molecule has 0 heterocycles. The monoisotopic (exact) mass is 260 g/mol. The molecule has 1 rings (SSSR count). The Morgan fingerprint density at radius 1 is 1.44 bits per heavy atom. The number of hydrogen-bond donors (Lipinski definition) is 3. The lowest BCUT2D eigenvalue weighted by molar-refractivity contribution is -0.136. The van der Waals surface area contributed by atoms with Gasteiger partial charge in [0.25, 0.3) is 0 Å². The fourth-order valence-electron chi connectivity index (χ4n) is 1.11. The smallest absolute Gasteiger partial charge is 0.432 e. The van der Waals surface area contributed by atoms with Gasteiger partial charge in [-0.05, 0) is 18.2 Å². The maximum atomic E-state index is 12.8. The van der Waals surface area contributed by atoms with Crippen LogP contribution in [0, 0.1) is 5.82 Å². The third kappa shape index (κ3) is 6.84. The molecule has 6 nitrogen and oxygen atoms in total. The molecular formula is C10H14BFO6. The summed E-state index contributed by atoms with van der Waals surface area (Å²) in [5.74, 6) is -1.21. The van der Waals surface area contributed by atoms with Crippen LogP contribution in [0.15, 0.2) is 18.2 Å². The van der Waals surface area contributed by atoms with E-state index in [0.29, 0.717) is 11.3 Å². The molecule has 0 aliphatic carbocycles. The average Bonchev–Trinajstić information content (AvgIpc) is 2.28. The highest BCUT2D eigenvalue weighted by Crippen LogP contribution is 2.20. The first kappa shape index (κ1) is 16.4. The summed E-state index contributed by atoms with van der Waals surface area (Å²) in [6.45, 7) is -0.00173. The molecule has 0 fully saturated rings. The maximum absolute atomic E-state index is 12.8. The van der Waals surface area contributed by atoms with Gasteiger partial charge in [0.2, 0.25) is 0 Å². The molecule has 0 aliphatic heterocycles. The summed E-state index contributed by atoms with van der Waals surface area (Å²) in [6, 6.07) is 3.72. The summed E-state index contributed by atoms with van der Waals surface area (Å²) in [5, 5.41) is 22.8. The van der Waals surface area contributed by atoms with Crippen molar-refractivity contribution in [1.29, 1.82) is 0 Å². The Bertz CT molecular complexity index is 373. The van der Waals surface area contributed by atoms with E-state index in [1.807, 2.05) is 0 Å². The van der Waals surface area contributed by atoms with E-state index in [1.165, 1.54) is 19.2 Å². The summed E-state index contributed by atoms with van der Waals surface area (Å²) in [6.07, 6.45) is -0.281. The lowest BCUT2D eigenvalue weighted by Crippen LogP contribution is -2.06. The van der Waals surface area contributed by atoms with Crippen LogP contribution in [0.25, 0.3) is 0 Å². The zero-order valence-electron chi connectivity index (χ0n) is 9.80. The minimum absolute atomic E-state index is 0.00173. The Balaban J connectivity index is 0.000000873. The van der Waals surface area contributed by atoms with Crippen LogP contribution in [-0.4, -0.2) is 42.7 Å². The van der Waals surface area contributed by atoms with Gasteiger partial charge in [0.05, 0.1) is 6.42 Å². The number of aliphatic carboxylic acids is 1. The van der Waals surface area contributed by atoms with Crippen molar-refractivity contribution in [1.82, 2.24) is 0 Å². The van der Waals surface area contributed by atoms with Crippen LogP contribution < -0.4 is 4.74 Å². The second-order valence-electron chi connectivity index (χ2n) is 3.01. The number of rotatable bonds is 5. The molecule has 18 heavy (non-hydrogen) atoms. The molecule has 1 aromatic carbocycles. The van der Waals surface area contributed by atoms with E-state index in [9.17, 15) is 9.18 Å². The van der Waals surface area contributed by atoms with Crippen molar-refractivity contribution in [2.24, 2.45) is 0 Å². The van der Waals surface area contributed by atoms with E-state index in [4.69, 9.17) is 19.9 Å². The largest absolute Gasteiger partial charge is 0.481 e. The third-order valence-electron chi connectivity index (χ3n) is 1.70. The molecule has 0 saturated carbocycles. The first-order chi connectivity index (χ1) is 8.54. The zero-order valence-corrected chi connectivity index (χ0v) is 9.80. The summed E-state index contributed by atoms with van der Waals surface area (Å²) < 4.78 is 22.6. The van der Waals surface area contributed by atoms with E-state index >= 15 is 0 Å². The van der Waals surface area contributed by atoms with Crippen LogP contribution in [-0.2, 0) is 16.0 Å². The SMILES string of the molecule is COCOc1ccc(F)cc1CC(=O)O.OBO. The average molecular weight is 260 g/mol. The number of hydrogen-bond acceptors (Lipinski definition) is 5. The number of carbonyl (C=O) groups is 1. The molecular weight excluding hydrogens is 246 g/mol. The van der Waals surface area contributed by atoms with Crippen LogP contribution in [0.4, 0.5) is 4.39 Å².